The van der Waals surface area contributed by atoms with Gasteiger partial charge < -0.3 is 9.67 Å². The minimum Gasteiger partial charge on any atom is -0.394 e. The molecule has 1 aliphatic heterocycles. The Morgan fingerprint density at radius 2 is 2.08 bits per heavy atom. The van der Waals surface area contributed by atoms with Crippen LogP contribution >= 0.6 is 0 Å². The summed E-state index contributed by atoms with van der Waals surface area (Å²) in [6.45, 7) is 6.63. The molecule has 3 heterocycles. The first-order valence-corrected chi connectivity index (χ1v) is 8.55. The molecular formula is C18H25FN4O. The van der Waals surface area contributed by atoms with Crippen LogP contribution in [0.15, 0.2) is 24.7 Å². The maximum atomic E-state index is 13.7. The van der Waals surface area contributed by atoms with Crippen molar-refractivity contribution >= 4 is 0 Å². The number of hydrogen-bond donors (Lipinski definition) is 1. The van der Waals surface area contributed by atoms with Gasteiger partial charge in [-0.2, -0.15) is 0 Å². The Balaban J connectivity index is 1.65. The van der Waals surface area contributed by atoms with Crippen LogP contribution in [0, 0.1) is 12.7 Å². The van der Waals surface area contributed by atoms with Gasteiger partial charge in [0.1, 0.15) is 11.6 Å². The average molecular weight is 332 g/mol. The van der Waals surface area contributed by atoms with E-state index in [1.54, 1.807) is 12.3 Å². The van der Waals surface area contributed by atoms with Crippen molar-refractivity contribution in [2.45, 2.75) is 45.2 Å². The van der Waals surface area contributed by atoms with E-state index in [2.05, 4.69) is 19.4 Å². The number of halogens is 1. The van der Waals surface area contributed by atoms with Crippen molar-refractivity contribution in [3.8, 4) is 0 Å². The minimum absolute atomic E-state index is 0.0476. The van der Waals surface area contributed by atoms with E-state index in [0.717, 1.165) is 37.4 Å². The molecule has 1 saturated heterocycles. The van der Waals surface area contributed by atoms with Crippen molar-refractivity contribution < 1.29 is 9.50 Å². The van der Waals surface area contributed by atoms with E-state index in [1.807, 2.05) is 20.0 Å². The fraction of sp³-hybridized carbons (Fsp3) is 0.556. The van der Waals surface area contributed by atoms with E-state index in [4.69, 9.17) is 0 Å². The highest BCUT2D eigenvalue weighted by Gasteiger charge is 2.26. The number of pyridine rings is 1. The number of hydrogen-bond acceptors (Lipinski definition) is 4. The number of aromatic nitrogens is 3. The molecule has 5 nitrogen and oxygen atoms in total. The van der Waals surface area contributed by atoms with Gasteiger partial charge in [-0.25, -0.2) is 9.37 Å². The number of aryl methyl sites for hydroxylation is 1. The fourth-order valence-electron chi connectivity index (χ4n) is 3.54. The summed E-state index contributed by atoms with van der Waals surface area (Å²) in [5.41, 5.74) is 1.79. The van der Waals surface area contributed by atoms with Gasteiger partial charge in [-0.1, -0.05) is 0 Å². The quantitative estimate of drug-likeness (QED) is 0.914. The summed E-state index contributed by atoms with van der Waals surface area (Å²) in [5, 5.41) is 9.49. The van der Waals surface area contributed by atoms with Crippen molar-refractivity contribution in [1.82, 2.24) is 19.4 Å². The standard InChI is InChI=1S/C18H25FN4O/c1-13-9-21-18(23(13)14(2)12-24)15-4-7-22(8-5-15)11-16-3-6-20-10-17(16)19/h3,6,9-10,14-15,24H,4-5,7-8,11-12H2,1-2H3/t14-/m1/s1. The largest absolute Gasteiger partial charge is 0.394 e. The van der Waals surface area contributed by atoms with Gasteiger partial charge >= 0.3 is 0 Å². The summed E-state index contributed by atoms with van der Waals surface area (Å²) < 4.78 is 15.9. The molecule has 0 radical (unpaired) electrons. The number of nitrogens with zero attached hydrogens (tertiary/aromatic N) is 4. The van der Waals surface area contributed by atoms with Gasteiger partial charge in [0.2, 0.25) is 0 Å². The summed E-state index contributed by atoms with van der Waals surface area (Å²) in [4.78, 5) is 10.7. The average Bonchev–Trinajstić information content (AvgIpc) is 2.98. The van der Waals surface area contributed by atoms with E-state index in [9.17, 15) is 9.50 Å². The first-order valence-electron chi connectivity index (χ1n) is 8.55. The highest BCUT2D eigenvalue weighted by atomic mass is 19.1. The SMILES string of the molecule is Cc1cnc(C2CCN(Cc3ccncc3F)CC2)n1[C@H](C)CO. The number of piperidine rings is 1. The molecule has 2 aromatic rings. The lowest BCUT2D eigenvalue weighted by molar-refractivity contribution is 0.192. The predicted molar refractivity (Wildman–Crippen MR) is 90.2 cm³/mol. The molecule has 1 N–H and O–H groups in total. The first-order chi connectivity index (χ1) is 11.6. The van der Waals surface area contributed by atoms with Crippen LogP contribution in [0.25, 0.3) is 0 Å². The lowest BCUT2D eigenvalue weighted by Crippen LogP contribution is -2.34. The molecule has 0 spiro atoms. The Morgan fingerprint density at radius 3 is 2.75 bits per heavy atom. The monoisotopic (exact) mass is 332 g/mol. The van der Waals surface area contributed by atoms with E-state index >= 15 is 0 Å². The van der Waals surface area contributed by atoms with Crippen LogP contribution in [0.3, 0.4) is 0 Å². The second-order valence-corrected chi connectivity index (χ2v) is 6.68. The molecule has 0 amide bonds. The third kappa shape index (κ3) is 3.49. The maximum Gasteiger partial charge on any atom is 0.145 e. The summed E-state index contributed by atoms with van der Waals surface area (Å²) in [5.74, 6) is 1.23. The van der Waals surface area contributed by atoms with Crippen LogP contribution in [-0.2, 0) is 6.54 Å². The van der Waals surface area contributed by atoms with Crippen LogP contribution in [-0.4, -0.2) is 44.2 Å². The maximum absolute atomic E-state index is 13.7. The van der Waals surface area contributed by atoms with Gasteiger partial charge in [0, 0.05) is 36.1 Å². The molecule has 0 saturated carbocycles. The van der Waals surface area contributed by atoms with Crippen LogP contribution < -0.4 is 0 Å². The summed E-state index contributed by atoms with van der Waals surface area (Å²) in [6.07, 6.45) is 6.81. The van der Waals surface area contributed by atoms with Crippen molar-refractivity contribution in [2.75, 3.05) is 19.7 Å². The molecule has 2 aromatic heterocycles. The van der Waals surface area contributed by atoms with E-state index < -0.39 is 0 Å². The van der Waals surface area contributed by atoms with Gasteiger partial charge in [-0.3, -0.25) is 9.88 Å². The molecule has 130 valence electrons. The first kappa shape index (κ1) is 17.0. The third-order valence-electron chi connectivity index (χ3n) is 4.92. The van der Waals surface area contributed by atoms with Gasteiger partial charge in [0.25, 0.3) is 0 Å². The molecule has 1 aliphatic rings. The smallest absolute Gasteiger partial charge is 0.145 e. The zero-order chi connectivity index (χ0) is 17.1. The molecule has 0 unspecified atom stereocenters. The molecule has 1 fully saturated rings. The van der Waals surface area contributed by atoms with Crippen molar-refractivity contribution in [2.24, 2.45) is 0 Å². The van der Waals surface area contributed by atoms with Crippen molar-refractivity contribution in [1.29, 1.82) is 0 Å². The van der Waals surface area contributed by atoms with E-state index in [1.165, 1.54) is 6.20 Å². The molecule has 0 aliphatic carbocycles. The van der Waals surface area contributed by atoms with Gasteiger partial charge in [-0.05, 0) is 45.8 Å². The molecular weight excluding hydrogens is 307 g/mol. The number of aliphatic hydroxyl groups excluding tert-OH is 1. The number of rotatable bonds is 5. The second-order valence-electron chi connectivity index (χ2n) is 6.68. The molecule has 3 rings (SSSR count). The second kappa shape index (κ2) is 7.40. The summed E-state index contributed by atoms with van der Waals surface area (Å²) in [6, 6.07) is 1.80. The Labute approximate surface area is 142 Å². The van der Waals surface area contributed by atoms with Crippen LogP contribution in [0.1, 0.15) is 48.8 Å². The predicted octanol–water partition coefficient (Wildman–Crippen LogP) is 2.66. The Kier molecular flexibility index (Phi) is 5.26. The van der Waals surface area contributed by atoms with Gasteiger partial charge in [-0.15, -0.1) is 0 Å². The highest BCUT2D eigenvalue weighted by Crippen LogP contribution is 2.30. The molecule has 0 bridgehead atoms. The topological polar surface area (TPSA) is 54.2 Å². The minimum atomic E-state index is -0.234. The number of imidazole rings is 1. The number of likely N-dealkylation sites (tertiary alicyclic amines) is 1. The third-order valence-corrected chi connectivity index (χ3v) is 4.92. The fourth-order valence-corrected chi connectivity index (χ4v) is 3.54. The molecule has 0 aromatic carbocycles. The van der Waals surface area contributed by atoms with E-state index in [-0.39, 0.29) is 18.5 Å². The summed E-state index contributed by atoms with van der Waals surface area (Å²) >= 11 is 0. The molecule has 24 heavy (non-hydrogen) atoms. The Hall–Kier alpha value is -1.79. The normalized spacial score (nSPS) is 18.0. The zero-order valence-electron chi connectivity index (χ0n) is 14.3. The lowest BCUT2D eigenvalue weighted by atomic mass is 9.95. The molecule has 1 atom stereocenters. The van der Waals surface area contributed by atoms with E-state index in [0.29, 0.717) is 18.0 Å². The molecule has 6 heteroatoms. The van der Waals surface area contributed by atoms with Crippen molar-refractivity contribution in [3.63, 3.8) is 0 Å². The number of aliphatic hydroxyl groups is 1. The Bertz CT molecular complexity index is 679. The van der Waals surface area contributed by atoms with Gasteiger partial charge in [0.15, 0.2) is 0 Å². The van der Waals surface area contributed by atoms with Crippen molar-refractivity contribution in [3.05, 3.63) is 47.6 Å². The van der Waals surface area contributed by atoms with Crippen LogP contribution in [0.4, 0.5) is 4.39 Å². The van der Waals surface area contributed by atoms with Gasteiger partial charge in [0.05, 0.1) is 18.8 Å². The highest BCUT2D eigenvalue weighted by molar-refractivity contribution is 5.14. The zero-order valence-corrected chi connectivity index (χ0v) is 14.3. The lowest BCUT2D eigenvalue weighted by Gasteiger charge is -2.32. The van der Waals surface area contributed by atoms with Crippen LogP contribution in [0.2, 0.25) is 0 Å². The van der Waals surface area contributed by atoms with Crippen LogP contribution in [0.5, 0.6) is 0 Å². The summed E-state index contributed by atoms with van der Waals surface area (Å²) in [7, 11) is 0. The Morgan fingerprint density at radius 1 is 1.33 bits per heavy atom.